The molecule has 15 heavy (non-hydrogen) atoms. The number of hydrogen-bond donors (Lipinski definition) is 4. The summed E-state index contributed by atoms with van der Waals surface area (Å²) in [6.45, 7) is 12.0. The standard InChI is InChI=1S/C6H14.C3H6.CH2O3.2H3N/c1-4-5-6(2)3;1-3-2;2-1(3)4;;/h6H,4-5H2,1-3H3;3H,1H2,2H3;(H2,2,3,4);2*1H3. The SMILES string of the molecule is C=CC.CCCC(C)C.N.N.O=C(O)O. The van der Waals surface area contributed by atoms with Gasteiger partial charge in [-0.25, -0.2) is 4.79 Å². The molecular formula is C10H28N2O3. The third-order valence-corrected chi connectivity index (χ3v) is 0.866. The molecule has 0 radical (unpaired) electrons. The molecule has 0 unspecified atom stereocenters. The van der Waals surface area contributed by atoms with Gasteiger partial charge in [-0.15, -0.1) is 6.58 Å². The zero-order valence-electron chi connectivity index (χ0n) is 10.5. The van der Waals surface area contributed by atoms with E-state index in [1.54, 1.807) is 6.08 Å². The van der Waals surface area contributed by atoms with Crippen molar-refractivity contribution in [2.45, 2.75) is 40.5 Å². The molecule has 0 aromatic carbocycles. The molecule has 0 saturated carbocycles. The second kappa shape index (κ2) is 29.3. The Morgan fingerprint density at radius 1 is 1.33 bits per heavy atom. The molecule has 0 amide bonds. The second-order valence-electron chi connectivity index (χ2n) is 2.87. The Morgan fingerprint density at radius 2 is 1.53 bits per heavy atom. The molecule has 0 bridgehead atoms. The normalized spacial score (nSPS) is 6.47. The van der Waals surface area contributed by atoms with Gasteiger partial charge >= 0.3 is 6.16 Å². The zero-order valence-corrected chi connectivity index (χ0v) is 10.5. The van der Waals surface area contributed by atoms with Crippen molar-refractivity contribution in [2.75, 3.05) is 0 Å². The van der Waals surface area contributed by atoms with Crippen molar-refractivity contribution in [2.24, 2.45) is 5.92 Å². The lowest BCUT2D eigenvalue weighted by Crippen LogP contribution is -1.81. The number of allylic oxidation sites excluding steroid dienone is 1. The van der Waals surface area contributed by atoms with Crippen molar-refractivity contribution in [3.8, 4) is 0 Å². The van der Waals surface area contributed by atoms with E-state index in [1.807, 2.05) is 6.92 Å². The maximum atomic E-state index is 8.56. The highest BCUT2D eigenvalue weighted by molar-refractivity contribution is 5.53. The van der Waals surface area contributed by atoms with E-state index in [2.05, 4.69) is 27.4 Å². The minimum Gasteiger partial charge on any atom is -0.450 e. The molecule has 0 atom stereocenters. The highest BCUT2D eigenvalue weighted by atomic mass is 16.6. The number of carbonyl (C=O) groups is 1. The molecule has 0 aliphatic heterocycles. The summed E-state index contributed by atoms with van der Waals surface area (Å²) in [5.74, 6) is 0.898. The second-order valence-corrected chi connectivity index (χ2v) is 2.87. The first kappa shape index (κ1) is 29.2. The van der Waals surface area contributed by atoms with Crippen molar-refractivity contribution >= 4 is 6.16 Å². The van der Waals surface area contributed by atoms with Crippen LogP contribution in [0.4, 0.5) is 4.79 Å². The first-order chi connectivity index (χ1) is 5.92. The number of carboxylic acid groups (broad SMARTS) is 2. The van der Waals surface area contributed by atoms with Gasteiger partial charge in [-0.05, 0) is 12.8 Å². The van der Waals surface area contributed by atoms with E-state index in [4.69, 9.17) is 15.0 Å². The van der Waals surface area contributed by atoms with Crippen LogP contribution in [0.3, 0.4) is 0 Å². The Kier molecular flexibility index (Phi) is 57.0. The summed E-state index contributed by atoms with van der Waals surface area (Å²) in [6, 6.07) is 0. The average Bonchev–Trinajstić information content (AvgIpc) is 1.86. The highest BCUT2D eigenvalue weighted by Gasteiger charge is 1.85. The molecule has 5 heteroatoms. The van der Waals surface area contributed by atoms with Gasteiger partial charge in [0, 0.05) is 0 Å². The fraction of sp³-hybridized carbons (Fsp3) is 0.700. The Balaban J connectivity index is -0.0000000332. The van der Waals surface area contributed by atoms with Crippen LogP contribution in [0.5, 0.6) is 0 Å². The fourth-order valence-corrected chi connectivity index (χ4v) is 0.577. The van der Waals surface area contributed by atoms with E-state index in [0.717, 1.165) is 5.92 Å². The summed E-state index contributed by atoms with van der Waals surface area (Å²) >= 11 is 0. The number of rotatable bonds is 2. The van der Waals surface area contributed by atoms with Crippen molar-refractivity contribution in [3.63, 3.8) is 0 Å². The third-order valence-electron chi connectivity index (χ3n) is 0.866. The maximum Gasteiger partial charge on any atom is 0.503 e. The van der Waals surface area contributed by atoms with E-state index in [0.29, 0.717) is 0 Å². The van der Waals surface area contributed by atoms with Crippen molar-refractivity contribution in [3.05, 3.63) is 12.7 Å². The molecule has 0 aromatic rings. The topological polar surface area (TPSA) is 128 Å². The lowest BCUT2D eigenvalue weighted by atomic mass is 10.1. The molecule has 0 spiro atoms. The molecule has 0 fully saturated rings. The smallest absolute Gasteiger partial charge is 0.450 e. The zero-order chi connectivity index (χ0) is 11.3. The lowest BCUT2D eigenvalue weighted by Gasteiger charge is -1.95. The van der Waals surface area contributed by atoms with Crippen LogP contribution in [0, 0.1) is 5.92 Å². The first-order valence-electron chi connectivity index (χ1n) is 4.41. The van der Waals surface area contributed by atoms with Gasteiger partial charge in [-0.3, -0.25) is 0 Å². The average molecular weight is 224 g/mol. The molecule has 5 nitrogen and oxygen atoms in total. The van der Waals surface area contributed by atoms with Crippen LogP contribution >= 0.6 is 0 Å². The van der Waals surface area contributed by atoms with Gasteiger partial charge in [0.05, 0.1) is 0 Å². The summed E-state index contributed by atoms with van der Waals surface area (Å²) in [5, 5.41) is 13.9. The van der Waals surface area contributed by atoms with Crippen LogP contribution in [0.25, 0.3) is 0 Å². The van der Waals surface area contributed by atoms with E-state index >= 15 is 0 Å². The molecular weight excluding hydrogens is 196 g/mol. The van der Waals surface area contributed by atoms with Gasteiger partial charge in [-0.1, -0.05) is 39.7 Å². The molecule has 96 valence electrons. The van der Waals surface area contributed by atoms with Gasteiger partial charge in [0.25, 0.3) is 0 Å². The summed E-state index contributed by atoms with van der Waals surface area (Å²) in [6.07, 6.45) is 2.62. The van der Waals surface area contributed by atoms with E-state index in [9.17, 15) is 0 Å². The third kappa shape index (κ3) is 415. The first-order valence-corrected chi connectivity index (χ1v) is 4.41. The molecule has 0 aliphatic carbocycles. The summed E-state index contributed by atoms with van der Waals surface area (Å²) in [5.41, 5.74) is 0. The molecule has 0 aliphatic rings. The lowest BCUT2D eigenvalue weighted by molar-refractivity contribution is 0.137. The van der Waals surface area contributed by atoms with Crippen molar-refractivity contribution in [1.82, 2.24) is 12.3 Å². The van der Waals surface area contributed by atoms with Gasteiger partial charge in [0.2, 0.25) is 0 Å². The van der Waals surface area contributed by atoms with Crippen molar-refractivity contribution < 1.29 is 15.0 Å². The van der Waals surface area contributed by atoms with Gasteiger partial charge in [-0.2, -0.15) is 0 Å². The predicted molar refractivity (Wildman–Crippen MR) is 66.3 cm³/mol. The summed E-state index contributed by atoms with van der Waals surface area (Å²) in [4.78, 5) is 8.56. The van der Waals surface area contributed by atoms with Crippen LogP contribution in [-0.4, -0.2) is 16.4 Å². The molecule has 8 N–H and O–H groups in total. The largest absolute Gasteiger partial charge is 0.503 e. The predicted octanol–water partition coefficient (Wildman–Crippen LogP) is 4.18. The Labute approximate surface area is 93.4 Å². The van der Waals surface area contributed by atoms with Gasteiger partial charge in [0.15, 0.2) is 0 Å². The van der Waals surface area contributed by atoms with Crippen molar-refractivity contribution in [1.29, 1.82) is 0 Å². The Hall–Kier alpha value is -1.07. The molecule has 0 aromatic heterocycles. The van der Waals surface area contributed by atoms with Gasteiger partial charge in [0.1, 0.15) is 0 Å². The Morgan fingerprint density at radius 3 is 1.53 bits per heavy atom. The minimum absolute atomic E-state index is 0. The minimum atomic E-state index is -1.83. The van der Waals surface area contributed by atoms with E-state index in [-0.39, 0.29) is 12.3 Å². The quantitative estimate of drug-likeness (QED) is 0.523. The highest BCUT2D eigenvalue weighted by Crippen LogP contribution is 2.00. The van der Waals surface area contributed by atoms with Crippen LogP contribution in [0.2, 0.25) is 0 Å². The maximum absolute atomic E-state index is 8.56. The molecule has 0 heterocycles. The van der Waals surface area contributed by atoms with Crippen LogP contribution in [-0.2, 0) is 0 Å². The number of hydrogen-bond acceptors (Lipinski definition) is 3. The van der Waals surface area contributed by atoms with Crippen LogP contribution in [0.15, 0.2) is 12.7 Å². The molecule has 0 saturated heterocycles. The molecule has 0 rings (SSSR count). The fourth-order valence-electron chi connectivity index (χ4n) is 0.577. The van der Waals surface area contributed by atoms with E-state index in [1.165, 1.54) is 12.8 Å². The summed E-state index contributed by atoms with van der Waals surface area (Å²) in [7, 11) is 0. The van der Waals surface area contributed by atoms with Crippen LogP contribution in [0.1, 0.15) is 40.5 Å². The van der Waals surface area contributed by atoms with Crippen LogP contribution < -0.4 is 12.3 Å². The van der Waals surface area contributed by atoms with E-state index < -0.39 is 6.16 Å². The monoisotopic (exact) mass is 224 g/mol. The summed E-state index contributed by atoms with van der Waals surface area (Å²) < 4.78 is 0. The Bertz CT molecular complexity index is 113. The van der Waals surface area contributed by atoms with Gasteiger partial charge < -0.3 is 22.5 Å².